The van der Waals surface area contributed by atoms with E-state index in [2.05, 4.69) is 6.92 Å². The summed E-state index contributed by atoms with van der Waals surface area (Å²) < 4.78 is 6.02. The molecule has 1 aromatic carbocycles. The number of amides is 2. The van der Waals surface area contributed by atoms with E-state index in [0.29, 0.717) is 24.2 Å². The summed E-state index contributed by atoms with van der Waals surface area (Å²) in [5.74, 6) is -0.747. The molecule has 2 N–H and O–H groups in total. The molecule has 36 heavy (non-hydrogen) atoms. The number of halogens is 1. The Morgan fingerprint density at radius 3 is 2.67 bits per heavy atom. The summed E-state index contributed by atoms with van der Waals surface area (Å²) in [6.07, 6.45) is 9.19. The van der Waals surface area contributed by atoms with Crippen LogP contribution >= 0.6 is 11.6 Å². The summed E-state index contributed by atoms with van der Waals surface area (Å²) in [4.78, 5) is 28.7. The standard InChI is InChI=1S/C28H35BClNO5/c1-16(12-18-9-10-20(32)14-23(18)30)8-11-24-25-17(2)13-21-26(22(25)15-29(35)36-24)28(34)31(27(21)33)19-6-4-3-5-7-19/h9-10,12,14,19,21-22,24,26,32,35H,3-8,11,13,15H2,1-2H3/b16-12+/t21-,22+,24-,26-/m1/s1. The Bertz CT molecular complexity index is 1110. The maximum absolute atomic E-state index is 13.7. The number of imide groups is 1. The van der Waals surface area contributed by atoms with Crippen LogP contribution in [-0.2, 0) is 14.2 Å². The third kappa shape index (κ3) is 4.78. The molecule has 4 aliphatic rings. The predicted molar refractivity (Wildman–Crippen MR) is 140 cm³/mol. The van der Waals surface area contributed by atoms with Gasteiger partial charge in [0, 0.05) is 6.04 Å². The summed E-state index contributed by atoms with van der Waals surface area (Å²) >= 11 is 6.26. The number of benzene rings is 1. The van der Waals surface area contributed by atoms with Crippen LogP contribution in [0, 0.1) is 17.8 Å². The Morgan fingerprint density at radius 1 is 1.19 bits per heavy atom. The highest BCUT2D eigenvalue weighted by atomic mass is 35.5. The molecule has 1 saturated carbocycles. The molecule has 2 heterocycles. The number of likely N-dealkylation sites (tertiary alicyclic amines) is 1. The number of phenolic OH excluding ortho intramolecular Hbond substituents is 1. The number of carbonyl (C=O) groups is 2. The molecular formula is C28H35BClNO5. The first-order valence-electron chi connectivity index (χ1n) is 13.3. The highest BCUT2D eigenvalue weighted by molar-refractivity contribution is 6.43. The average molecular weight is 512 g/mol. The zero-order valence-electron chi connectivity index (χ0n) is 21.1. The molecule has 0 bridgehead atoms. The fourth-order valence-corrected chi connectivity index (χ4v) is 7.20. The van der Waals surface area contributed by atoms with Crippen molar-refractivity contribution in [3.8, 4) is 5.75 Å². The second-order valence-electron chi connectivity index (χ2n) is 11.1. The normalized spacial score (nSPS) is 29.6. The predicted octanol–water partition coefficient (Wildman–Crippen LogP) is 5.38. The number of allylic oxidation sites excluding steroid dienone is 2. The molecule has 8 heteroatoms. The summed E-state index contributed by atoms with van der Waals surface area (Å²) in [6, 6.07) is 4.95. The molecule has 0 spiro atoms. The zero-order chi connectivity index (χ0) is 25.6. The smallest absolute Gasteiger partial charge is 0.455 e. The Balaban J connectivity index is 1.35. The van der Waals surface area contributed by atoms with Crippen molar-refractivity contribution in [3.63, 3.8) is 0 Å². The van der Waals surface area contributed by atoms with Crippen LogP contribution in [0.4, 0.5) is 0 Å². The molecular weight excluding hydrogens is 477 g/mol. The molecule has 0 unspecified atom stereocenters. The van der Waals surface area contributed by atoms with Crippen LogP contribution in [-0.4, -0.2) is 46.1 Å². The van der Waals surface area contributed by atoms with Gasteiger partial charge in [0.25, 0.3) is 0 Å². The van der Waals surface area contributed by atoms with E-state index >= 15 is 0 Å². The van der Waals surface area contributed by atoms with E-state index in [-0.39, 0.29) is 47.5 Å². The van der Waals surface area contributed by atoms with E-state index in [1.54, 1.807) is 17.0 Å². The van der Waals surface area contributed by atoms with Crippen molar-refractivity contribution < 1.29 is 24.4 Å². The van der Waals surface area contributed by atoms with E-state index in [4.69, 9.17) is 16.3 Å². The van der Waals surface area contributed by atoms with Crippen LogP contribution in [0.5, 0.6) is 5.75 Å². The molecule has 6 nitrogen and oxygen atoms in total. The first-order chi connectivity index (χ1) is 17.2. The highest BCUT2D eigenvalue weighted by Gasteiger charge is 2.57. The first kappa shape index (κ1) is 25.6. The van der Waals surface area contributed by atoms with Crippen molar-refractivity contribution in [2.75, 3.05) is 0 Å². The van der Waals surface area contributed by atoms with Gasteiger partial charge in [0.1, 0.15) is 5.75 Å². The van der Waals surface area contributed by atoms with Crippen molar-refractivity contribution in [2.45, 2.75) is 83.7 Å². The number of nitrogens with zero attached hydrogens (tertiary/aromatic N) is 1. The average Bonchev–Trinajstić information content (AvgIpc) is 3.09. The quantitative estimate of drug-likeness (QED) is 0.315. The minimum atomic E-state index is -0.947. The van der Waals surface area contributed by atoms with E-state index in [1.807, 2.05) is 13.0 Å². The number of phenols is 1. The van der Waals surface area contributed by atoms with Gasteiger partial charge in [0.2, 0.25) is 11.8 Å². The topological polar surface area (TPSA) is 87.1 Å². The third-order valence-electron chi connectivity index (χ3n) is 8.61. The van der Waals surface area contributed by atoms with E-state index in [9.17, 15) is 19.7 Å². The van der Waals surface area contributed by atoms with Crippen molar-refractivity contribution in [1.82, 2.24) is 4.90 Å². The molecule has 5 rings (SSSR count). The van der Waals surface area contributed by atoms with Crippen LogP contribution < -0.4 is 0 Å². The summed E-state index contributed by atoms with van der Waals surface area (Å²) in [5, 5.41) is 20.7. The lowest BCUT2D eigenvalue weighted by Crippen LogP contribution is -2.46. The number of aromatic hydroxyl groups is 1. The van der Waals surface area contributed by atoms with Crippen LogP contribution in [0.15, 0.2) is 34.9 Å². The highest BCUT2D eigenvalue weighted by Crippen LogP contribution is 2.51. The molecule has 2 aliphatic heterocycles. The lowest BCUT2D eigenvalue weighted by Gasteiger charge is -2.42. The third-order valence-corrected chi connectivity index (χ3v) is 8.94. The maximum Gasteiger partial charge on any atom is 0.455 e. The molecule has 2 saturated heterocycles. The maximum atomic E-state index is 13.7. The lowest BCUT2D eigenvalue weighted by molar-refractivity contribution is -0.143. The fraction of sp³-hybridized carbons (Fsp3) is 0.571. The minimum absolute atomic E-state index is 0.00242. The molecule has 2 aliphatic carbocycles. The summed E-state index contributed by atoms with van der Waals surface area (Å²) in [6.45, 7) is 4.09. The molecule has 3 fully saturated rings. The first-order valence-corrected chi connectivity index (χ1v) is 13.7. The van der Waals surface area contributed by atoms with E-state index in [1.165, 1.54) is 12.5 Å². The molecule has 192 valence electrons. The molecule has 1 aromatic rings. The van der Waals surface area contributed by atoms with Gasteiger partial charge in [-0.15, -0.1) is 0 Å². The van der Waals surface area contributed by atoms with Crippen LogP contribution in [0.25, 0.3) is 6.08 Å². The summed E-state index contributed by atoms with van der Waals surface area (Å²) in [5.41, 5.74) is 4.19. The summed E-state index contributed by atoms with van der Waals surface area (Å²) in [7, 11) is -0.947. The van der Waals surface area contributed by atoms with Gasteiger partial charge >= 0.3 is 7.12 Å². The Kier molecular flexibility index (Phi) is 7.35. The Hall–Kier alpha value is -2.09. The van der Waals surface area contributed by atoms with Gasteiger partial charge in [-0.05, 0) is 87.5 Å². The van der Waals surface area contributed by atoms with Crippen molar-refractivity contribution in [3.05, 3.63) is 45.5 Å². The van der Waals surface area contributed by atoms with Crippen molar-refractivity contribution in [1.29, 1.82) is 0 Å². The van der Waals surface area contributed by atoms with E-state index in [0.717, 1.165) is 54.4 Å². The molecule has 0 aromatic heterocycles. The van der Waals surface area contributed by atoms with Gasteiger partial charge in [-0.1, -0.05) is 48.1 Å². The van der Waals surface area contributed by atoms with Gasteiger partial charge in [-0.25, -0.2) is 0 Å². The van der Waals surface area contributed by atoms with Gasteiger partial charge in [-0.2, -0.15) is 0 Å². The van der Waals surface area contributed by atoms with Gasteiger partial charge in [0.15, 0.2) is 0 Å². The lowest BCUT2D eigenvalue weighted by atomic mass is 9.59. The minimum Gasteiger partial charge on any atom is -0.508 e. The van der Waals surface area contributed by atoms with Gasteiger partial charge < -0.3 is 14.8 Å². The number of rotatable bonds is 5. The Labute approximate surface area is 218 Å². The Morgan fingerprint density at radius 2 is 1.94 bits per heavy atom. The largest absolute Gasteiger partial charge is 0.508 e. The fourth-order valence-electron chi connectivity index (χ4n) is 6.97. The molecule has 0 radical (unpaired) electrons. The van der Waals surface area contributed by atoms with Crippen molar-refractivity contribution in [2.24, 2.45) is 17.8 Å². The van der Waals surface area contributed by atoms with Gasteiger partial charge in [-0.3, -0.25) is 14.5 Å². The van der Waals surface area contributed by atoms with Crippen LogP contribution in [0.3, 0.4) is 0 Å². The zero-order valence-corrected chi connectivity index (χ0v) is 21.8. The molecule has 4 atom stereocenters. The number of carbonyl (C=O) groups excluding carboxylic acids is 2. The van der Waals surface area contributed by atoms with Crippen LogP contribution in [0.2, 0.25) is 11.3 Å². The number of hydrogen-bond acceptors (Lipinski definition) is 5. The second-order valence-corrected chi connectivity index (χ2v) is 11.5. The van der Waals surface area contributed by atoms with Crippen molar-refractivity contribution >= 4 is 36.6 Å². The van der Waals surface area contributed by atoms with Crippen LogP contribution in [0.1, 0.15) is 70.8 Å². The molecule has 2 amide bonds. The monoisotopic (exact) mass is 511 g/mol. The number of hydrogen-bond donors (Lipinski definition) is 2. The SMILES string of the molecule is CC1=C2[C@@H](CC/C(C)=C/c3ccc(O)cc3Cl)OB(O)C[C@@H]2[C@@H]2C(=O)N(C3CCCCC3)C(=O)[C@@H]2C1. The number of fused-ring (bicyclic) bond motifs is 3. The van der Waals surface area contributed by atoms with E-state index < -0.39 is 7.12 Å². The second kappa shape index (κ2) is 10.3. The van der Waals surface area contributed by atoms with Gasteiger partial charge in [0.05, 0.1) is 23.0 Å².